The predicted octanol–water partition coefficient (Wildman–Crippen LogP) is 3.34. The molecular weight excluding hydrogens is 448 g/mol. The number of aromatic nitrogens is 5. The van der Waals surface area contributed by atoms with Crippen molar-refractivity contribution in [1.82, 2.24) is 24.7 Å². The number of nitrogens with zero attached hydrogens (tertiary/aromatic N) is 5. The van der Waals surface area contributed by atoms with Crippen molar-refractivity contribution in [2.24, 2.45) is 7.05 Å². The number of aromatic amines is 1. The number of aryl methyl sites for hydroxylation is 1. The van der Waals surface area contributed by atoms with Gasteiger partial charge in [0.2, 0.25) is 5.95 Å². The first-order valence-electron chi connectivity index (χ1n) is 11.5. The third kappa shape index (κ3) is 3.98. The van der Waals surface area contributed by atoms with Crippen LogP contribution in [-0.2, 0) is 11.8 Å². The van der Waals surface area contributed by atoms with Gasteiger partial charge in [0.15, 0.2) is 11.5 Å². The Balaban J connectivity index is 1.38. The molecule has 1 fully saturated rings. The molecule has 0 aliphatic carbocycles. The second-order valence-corrected chi connectivity index (χ2v) is 8.51. The van der Waals surface area contributed by atoms with Crippen molar-refractivity contribution in [3.8, 4) is 28.7 Å². The highest BCUT2D eigenvalue weighted by atomic mass is 16.6. The van der Waals surface area contributed by atoms with Crippen LogP contribution in [0.5, 0.6) is 11.5 Å². The molecule has 3 N–H and O–H groups in total. The van der Waals surface area contributed by atoms with Crippen LogP contribution in [-0.4, -0.2) is 57.2 Å². The topological polar surface area (TPSA) is 135 Å². The molecule has 178 valence electrons. The van der Waals surface area contributed by atoms with Gasteiger partial charge in [-0.05, 0) is 25.0 Å². The van der Waals surface area contributed by atoms with Gasteiger partial charge >= 0.3 is 0 Å². The molecule has 0 unspecified atom stereocenters. The van der Waals surface area contributed by atoms with Gasteiger partial charge in [-0.15, -0.1) is 0 Å². The van der Waals surface area contributed by atoms with E-state index >= 15 is 0 Å². The fraction of sp³-hybridized carbons (Fsp3) is 0.333. The number of H-pyrrole nitrogens is 1. The van der Waals surface area contributed by atoms with Gasteiger partial charge in [0, 0.05) is 49.8 Å². The first kappa shape index (κ1) is 21.2. The molecular formula is C24H24N8O3. The normalized spacial score (nSPS) is 15.7. The Bertz CT molecular complexity index is 1430. The molecule has 0 amide bonds. The van der Waals surface area contributed by atoms with E-state index in [-0.39, 0.29) is 6.04 Å². The van der Waals surface area contributed by atoms with Gasteiger partial charge in [-0.25, -0.2) is 0 Å². The number of rotatable bonds is 5. The summed E-state index contributed by atoms with van der Waals surface area (Å²) in [5.74, 6) is 2.25. The molecule has 4 aromatic rings. The number of hydrogen-bond acceptors (Lipinski definition) is 9. The lowest BCUT2D eigenvalue weighted by atomic mass is 10.1. The number of nitriles is 1. The predicted molar refractivity (Wildman–Crippen MR) is 129 cm³/mol. The van der Waals surface area contributed by atoms with Crippen LogP contribution in [0.2, 0.25) is 0 Å². The zero-order chi connectivity index (χ0) is 23.8. The molecule has 0 spiro atoms. The largest absolute Gasteiger partial charge is 0.485 e. The Morgan fingerprint density at radius 1 is 1.11 bits per heavy atom. The molecule has 11 heteroatoms. The molecule has 35 heavy (non-hydrogen) atoms. The second-order valence-electron chi connectivity index (χ2n) is 8.51. The summed E-state index contributed by atoms with van der Waals surface area (Å²) in [5, 5.41) is 21.3. The number of hydrogen-bond donors (Lipinski definition) is 3. The van der Waals surface area contributed by atoms with E-state index in [9.17, 15) is 5.26 Å². The monoisotopic (exact) mass is 472 g/mol. The lowest BCUT2D eigenvalue weighted by Crippen LogP contribution is -2.28. The zero-order valence-electron chi connectivity index (χ0n) is 19.2. The van der Waals surface area contributed by atoms with Crippen LogP contribution in [0.1, 0.15) is 18.4 Å². The van der Waals surface area contributed by atoms with E-state index in [4.69, 9.17) is 19.2 Å². The number of nitrogens with one attached hydrogen (secondary N) is 3. The standard InChI is InChI=1S/C24H24N8O3/c1-32-13-15(12-27-32)17-2-3-18(21-20(17)34-8-9-35-21)29-24-30-22-19(14(10-25)11-26-22)23(31-24)28-16-4-6-33-7-5-16/h2-3,11-13,16H,4-9H2,1H3,(H3,26,28,29,30,31). The van der Waals surface area contributed by atoms with Crippen molar-refractivity contribution >= 4 is 28.5 Å². The highest BCUT2D eigenvalue weighted by Gasteiger charge is 2.24. The van der Waals surface area contributed by atoms with Gasteiger partial charge in [0.25, 0.3) is 0 Å². The number of anilines is 3. The molecule has 2 aliphatic heterocycles. The van der Waals surface area contributed by atoms with Gasteiger partial charge in [0.05, 0.1) is 22.8 Å². The summed E-state index contributed by atoms with van der Waals surface area (Å²) in [7, 11) is 1.88. The van der Waals surface area contributed by atoms with Gasteiger partial charge in [-0.2, -0.15) is 20.3 Å². The molecule has 0 bridgehead atoms. The third-order valence-corrected chi connectivity index (χ3v) is 6.16. The highest BCUT2D eigenvalue weighted by molar-refractivity contribution is 5.94. The first-order valence-corrected chi connectivity index (χ1v) is 11.5. The van der Waals surface area contributed by atoms with Gasteiger partial charge in [-0.1, -0.05) is 0 Å². The van der Waals surface area contributed by atoms with Crippen LogP contribution in [0.25, 0.3) is 22.2 Å². The van der Waals surface area contributed by atoms with E-state index in [0.29, 0.717) is 72.0 Å². The molecule has 5 heterocycles. The van der Waals surface area contributed by atoms with Crippen LogP contribution in [0.15, 0.2) is 30.7 Å². The molecule has 0 saturated carbocycles. The van der Waals surface area contributed by atoms with Crippen LogP contribution < -0.4 is 20.1 Å². The Morgan fingerprint density at radius 2 is 1.94 bits per heavy atom. The maximum atomic E-state index is 9.59. The van der Waals surface area contributed by atoms with Crippen molar-refractivity contribution in [3.63, 3.8) is 0 Å². The lowest BCUT2D eigenvalue weighted by molar-refractivity contribution is 0.0904. The quantitative estimate of drug-likeness (QED) is 0.400. The highest BCUT2D eigenvalue weighted by Crippen LogP contribution is 2.45. The summed E-state index contributed by atoms with van der Waals surface area (Å²) >= 11 is 0. The Hall–Kier alpha value is -4.30. The van der Waals surface area contributed by atoms with Gasteiger partial charge < -0.3 is 29.8 Å². The average Bonchev–Trinajstić information content (AvgIpc) is 3.51. The molecule has 1 aromatic carbocycles. The summed E-state index contributed by atoms with van der Waals surface area (Å²) < 4.78 is 19.2. The van der Waals surface area contributed by atoms with Gasteiger partial charge in [-0.3, -0.25) is 4.68 Å². The average molecular weight is 473 g/mol. The fourth-order valence-corrected chi connectivity index (χ4v) is 4.46. The van der Waals surface area contributed by atoms with Crippen molar-refractivity contribution in [3.05, 3.63) is 36.3 Å². The zero-order valence-corrected chi connectivity index (χ0v) is 19.2. The minimum atomic E-state index is 0.208. The molecule has 6 rings (SSSR count). The maximum absolute atomic E-state index is 9.59. The molecule has 1 saturated heterocycles. The van der Waals surface area contributed by atoms with Crippen LogP contribution in [0.3, 0.4) is 0 Å². The Labute approximate surface area is 201 Å². The molecule has 2 aliphatic rings. The molecule has 0 radical (unpaired) electrons. The van der Waals surface area contributed by atoms with E-state index in [0.717, 1.165) is 24.0 Å². The van der Waals surface area contributed by atoms with Crippen molar-refractivity contribution in [2.75, 3.05) is 37.1 Å². The summed E-state index contributed by atoms with van der Waals surface area (Å²) in [6.07, 6.45) is 7.12. The number of fused-ring (bicyclic) bond motifs is 2. The van der Waals surface area contributed by atoms with E-state index < -0.39 is 0 Å². The number of benzene rings is 1. The van der Waals surface area contributed by atoms with Crippen LogP contribution >= 0.6 is 0 Å². The van der Waals surface area contributed by atoms with Gasteiger partial charge in [0.1, 0.15) is 30.7 Å². The SMILES string of the molecule is Cn1cc(-c2ccc(Nc3nc(NC4CCOCC4)c4c(C#N)c[nH]c4n3)c3c2OCCO3)cn1. The number of ether oxygens (including phenoxy) is 3. The molecule has 11 nitrogen and oxygen atoms in total. The van der Waals surface area contributed by atoms with Crippen molar-refractivity contribution in [2.45, 2.75) is 18.9 Å². The molecule has 3 aromatic heterocycles. The Kier molecular flexibility index (Phi) is 5.35. The Morgan fingerprint density at radius 3 is 2.71 bits per heavy atom. The summed E-state index contributed by atoms with van der Waals surface area (Å²) in [5.41, 5.74) is 3.61. The summed E-state index contributed by atoms with van der Waals surface area (Å²) in [4.78, 5) is 12.5. The maximum Gasteiger partial charge on any atom is 0.231 e. The lowest BCUT2D eigenvalue weighted by Gasteiger charge is -2.25. The molecule has 0 atom stereocenters. The van der Waals surface area contributed by atoms with E-state index in [2.05, 4.69) is 31.8 Å². The minimum Gasteiger partial charge on any atom is -0.485 e. The van der Waals surface area contributed by atoms with E-state index in [1.165, 1.54) is 0 Å². The van der Waals surface area contributed by atoms with Crippen LogP contribution in [0, 0.1) is 11.3 Å². The van der Waals surface area contributed by atoms with Crippen molar-refractivity contribution in [1.29, 1.82) is 5.26 Å². The second kappa shape index (κ2) is 8.81. The van der Waals surface area contributed by atoms with E-state index in [1.54, 1.807) is 17.1 Å². The summed E-state index contributed by atoms with van der Waals surface area (Å²) in [6, 6.07) is 6.32. The third-order valence-electron chi connectivity index (χ3n) is 6.16. The summed E-state index contributed by atoms with van der Waals surface area (Å²) in [6.45, 7) is 2.30. The van der Waals surface area contributed by atoms with E-state index in [1.807, 2.05) is 25.4 Å². The van der Waals surface area contributed by atoms with Crippen molar-refractivity contribution < 1.29 is 14.2 Å². The van der Waals surface area contributed by atoms with Crippen LogP contribution in [0.4, 0.5) is 17.5 Å². The first-order chi connectivity index (χ1) is 17.2. The smallest absolute Gasteiger partial charge is 0.231 e. The minimum absolute atomic E-state index is 0.208. The fourth-order valence-electron chi connectivity index (χ4n) is 4.46.